The molecule has 15 heavy (non-hydrogen) atoms. The number of halogens is 1. The van der Waals surface area contributed by atoms with Crippen LogP contribution in [0.1, 0.15) is 6.92 Å². The first-order chi connectivity index (χ1) is 7.09. The van der Waals surface area contributed by atoms with Crippen LogP contribution in [0.3, 0.4) is 0 Å². The van der Waals surface area contributed by atoms with Crippen LogP contribution in [0.15, 0.2) is 29.0 Å². The minimum Gasteiger partial charge on any atom is -0.378 e. The van der Waals surface area contributed by atoms with E-state index in [1.807, 2.05) is 13.0 Å². The van der Waals surface area contributed by atoms with Gasteiger partial charge in [0, 0.05) is 13.1 Å². The van der Waals surface area contributed by atoms with Gasteiger partial charge in [-0.1, -0.05) is 12.2 Å². The zero-order valence-electron chi connectivity index (χ0n) is 8.87. The van der Waals surface area contributed by atoms with Gasteiger partial charge >= 0.3 is 0 Å². The quantitative estimate of drug-likeness (QED) is 0.343. The molecule has 1 saturated heterocycles. The van der Waals surface area contributed by atoms with Gasteiger partial charge < -0.3 is 15.4 Å². The van der Waals surface area contributed by atoms with Crippen LogP contribution < -0.4 is 5.73 Å². The maximum atomic E-state index is 5.57. The molecule has 0 aromatic rings. The SMILES string of the molecule is C=C(C)/C=C(\N=C(N)Cl)N1CCOCC1. The van der Waals surface area contributed by atoms with E-state index in [1.165, 1.54) is 0 Å². The normalized spacial score (nSPS) is 19.2. The molecule has 0 bridgehead atoms. The van der Waals surface area contributed by atoms with E-state index in [0.717, 1.165) is 24.5 Å². The van der Waals surface area contributed by atoms with Crippen LogP contribution in [0.25, 0.3) is 0 Å². The third kappa shape index (κ3) is 4.36. The highest BCUT2D eigenvalue weighted by Crippen LogP contribution is 2.12. The van der Waals surface area contributed by atoms with Crippen LogP contribution in [0.5, 0.6) is 0 Å². The van der Waals surface area contributed by atoms with Crippen LogP contribution >= 0.6 is 11.6 Å². The van der Waals surface area contributed by atoms with E-state index in [9.17, 15) is 0 Å². The molecule has 2 N–H and O–H groups in total. The summed E-state index contributed by atoms with van der Waals surface area (Å²) in [6.45, 7) is 8.71. The molecular formula is C10H16ClN3O. The minimum absolute atomic E-state index is 0.0361. The molecule has 0 spiro atoms. The van der Waals surface area contributed by atoms with E-state index in [1.54, 1.807) is 0 Å². The third-order valence-electron chi connectivity index (χ3n) is 1.93. The largest absolute Gasteiger partial charge is 0.378 e. The third-order valence-corrected chi connectivity index (χ3v) is 2.02. The predicted molar refractivity (Wildman–Crippen MR) is 62.8 cm³/mol. The van der Waals surface area contributed by atoms with E-state index in [4.69, 9.17) is 22.1 Å². The Balaban J connectivity index is 2.79. The van der Waals surface area contributed by atoms with Crippen LogP contribution in [-0.4, -0.2) is 36.5 Å². The summed E-state index contributed by atoms with van der Waals surface area (Å²) < 4.78 is 5.26. The van der Waals surface area contributed by atoms with Crippen molar-refractivity contribution in [2.24, 2.45) is 10.7 Å². The molecule has 5 heteroatoms. The number of amidine groups is 1. The van der Waals surface area contributed by atoms with Gasteiger partial charge in [0.25, 0.3) is 0 Å². The Labute approximate surface area is 95.1 Å². The summed E-state index contributed by atoms with van der Waals surface area (Å²) in [7, 11) is 0. The topological polar surface area (TPSA) is 50.8 Å². The Morgan fingerprint density at radius 2 is 2.13 bits per heavy atom. The molecule has 1 aliphatic heterocycles. The molecule has 1 fully saturated rings. The van der Waals surface area contributed by atoms with Crippen LogP contribution in [0.4, 0.5) is 0 Å². The molecule has 1 heterocycles. The number of hydrogen-bond donors (Lipinski definition) is 1. The summed E-state index contributed by atoms with van der Waals surface area (Å²) >= 11 is 5.57. The van der Waals surface area contributed by atoms with Crippen LogP contribution in [-0.2, 0) is 4.74 Å². The van der Waals surface area contributed by atoms with Gasteiger partial charge in [-0.3, -0.25) is 0 Å². The monoisotopic (exact) mass is 229 g/mol. The van der Waals surface area contributed by atoms with Crippen molar-refractivity contribution in [1.29, 1.82) is 0 Å². The molecule has 0 aromatic carbocycles. The highest BCUT2D eigenvalue weighted by molar-refractivity contribution is 6.64. The summed E-state index contributed by atoms with van der Waals surface area (Å²) in [5.74, 6) is 0.748. The minimum atomic E-state index is 0.0361. The zero-order valence-corrected chi connectivity index (χ0v) is 9.63. The van der Waals surface area contributed by atoms with E-state index in [2.05, 4.69) is 16.5 Å². The van der Waals surface area contributed by atoms with Gasteiger partial charge in [-0.25, -0.2) is 4.99 Å². The van der Waals surface area contributed by atoms with Crippen molar-refractivity contribution in [2.45, 2.75) is 6.92 Å². The summed E-state index contributed by atoms with van der Waals surface area (Å²) in [4.78, 5) is 6.15. The predicted octanol–water partition coefficient (Wildman–Crippen LogP) is 1.29. The first-order valence-electron chi connectivity index (χ1n) is 4.79. The first-order valence-corrected chi connectivity index (χ1v) is 5.17. The molecule has 0 aliphatic carbocycles. The second-order valence-corrected chi connectivity index (χ2v) is 3.77. The molecule has 0 amide bonds. The smallest absolute Gasteiger partial charge is 0.195 e. The van der Waals surface area contributed by atoms with Crippen LogP contribution in [0.2, 0.25) is 0 Å². The number of morpholine rings is 1. The summed E-state index contributed by atoms with van der Waals surface area (Å²) in [5, 5.41) is 0.0361. The number of allylic oxidation sites excluding steroid dienone is 2. The van der Waals surface area contributed by atoms with E-state index >= 15 is 0 Å². The standard InChI is InChI=1S/C10H16ClN3O/c1-8(2)7-9(13-10(11)12)14-3-5-15-6-4-14/h7H,1,3-6H2,2H3,(H2,12,13)/b9-7+. The van der Waals surface area contributed by atoms with E-state index in [0.29, 0.717) is 13.2 Å². The fourth-order valence-corrected chi connectivity index (χ4v) is 1.40. The lowest BCUT2D eigenvalue weighted by Gasteiger charge is -2.28. The second-order valence-electron chi connectivity index (χ2n) is 3.38. The fraction of sp³-hybridized carbons (Fsp3) is 0.500. The van der Waals surface area contributed by atoms with Crippen molar-refractivity contribution in [1.82, 2.24) is 4.90 Å². The van der Waals surface area contributed by atoms with Gasteiger partial charge in [-0.15, -0.1) is 0 Å². The molecule has 0 saturated carbocycles. The van der Waals surface area contributed by atoms with Gasteiger partial charge in [-0.05, 0) is 24.6 Å². The van der Waals surface area contributed by atoms with Gasteiger partial charge in [0.1, 0.15) is 5.82 Å². The van der Waals surface area contributed by atoms with Gasteiger partial charge in [0.2, 0.25) is 0 Å². The zero-order chi connectivity index (χ0) is 11.3. The maximum absolute atomic E-state index is 5.57. The molecule has 0 aromatic heterocycles. The molecule has 0 radical (unpaired) electrons. The molecule has 1 rings (SSSR count). The lowest BCUT2D eigenvalue weighted by atomic mass is 10.3. The highest BCUT2D eigenvalue weighted by atomic mass is 35.5. The number of nitrogens with zero attached hydrogens (tertiary/aromatic N) is 2. The Bertz CT molecular complexity index is 289. The Hall–Kier alpha value is -1.00. The fourth-order valence-electron chi connectivity index (χ4n) is 1.32. The molecular weight excluding hydrogens is 214 g/mol. The van der Waals surface area contributed by atoms with E-state index < -0.39 is 0 Å². The maximum Gasteiger partial charge on any atom is 0.195 e. The number of hydrogen-bond acceptors (Lipinski definition) is 3. The number of rotatable bonds is 3. The van der Waals surface area contributed by atoms with Crippen molar-refractivity contribution in [3.63, 3.8) is 0 Å². The molecule has 0 unspecified atom stereocenters. The summed E-state index contributed by atoms with van der Waals surface area (Å²) in [6, 6.07) is 0. The molecule has 1 aliphatic rings. The Morgan fingerprint density at radius 3 is 2.60 bits per heavy atom. The number of aliphatic imine (C=N–C) groups is 1. The summed E-state index contributed by atoms with van der Waals surface area (Å²) in [5.41, 5.74) is 6.28. The second kappa shape index (κ2) is 5.78. The van der Waals surface area contributed by atoms with E-state index in [-0.39, 0.29) is 5.29 Å². The Morgan fingerprint density at radius 1 is 1.53 bits per heavy atom. The van der Waals surface area contributed by atoms with Crippen molar-refractivity contribution in [2.75, 3.05) is 26.3 Å². The van der Waals surface area contributed by atoms with Crippen molar-refractivity contribution in [3.05, 3.63) is 24.0 Å². The first kappa shape index (κ1) is 12.1. The summed E-state index contributed by atoms with van der Waals surface area (Å²) in [6.07, 6.45) is 1.86. The molecule has 0 atom stereocenters. The van der Waals surface area contributed by atoms with Crippen molar-refractivity contribution >= 4 is 16.9 Å². The molecule has 4 nitrogen and oxygen atoms in total. The Kier molecular flexibility index (Phi) is 4.65. The molecule has 84 valence electrons. The van der Waals surface area contributed by atoms with Crippen molar-refractivity contribution < 1.29 is 4.74 Å². The lowest BCUT2D eigenvalue weighted by molar-refractivity contribution is 0.0531. The lowest BCUT2D eigenvalue weighted by Crippen LogP contribution is -2.35. The van der Waals surface area contributed by atoms with Crippen molar-refractivity contribution in [3.8, 4) is 0 Å². The van der Waals surface area contributed by atoms with Gasteiger partial charge in [0.15, 0.2) is 5.29 Å². The average Bonchev–Trinajstić information content (AvgIpc) is 2.17. The van der Waals surface area contributed by atoms with Gasteiger partial charge in [-0.2, -0.15) is 0 Å². The number of ether oxygens (including phenoxy) is 1. The highest BCUT2D eigenvalue weighted by Gasteiger charge is 2.13. The van der Waals surface area contributed by atoms with Gasteiger partial charge in [0.05, 0.1) is 13.2 Å². The average molecular weight is 230 g/mol. The van der Waals surface area contributed by atoms with Crippen LogP contribution in [0, 0.1) is 0 Å². The number of nitrogens with two attached hydrogens (primary N) is 1.